The van der Waals surface area contributed by atoms with Crippen molar-refractivity contribution in [1.82, 2.24) is 0 Å². The fraction of sp³-hybridized carbons (Fsp3) is 0.706. The lowest BCUT2D eigenvalue weighted by atomic mass is 9.74. The maximum absolute atomic E-state index is 11.8. The van der Waals surface area contributed by atoms with Gasteiger partial charge in [-0.2, -0.15) is 0 Å². The second kappa shape index (κ2) is 6.75. The Morgan fingerprint density at radius 2 is 2.05 bits per heavy atom. The number of esters is 1. The molecule has 2 nitrogen and oxygen atoms in total. The van der Waals surface area contributed by atoms with Crippen molar-refractivity contribution in [3.05, 3.63) is 21.4 Å². The summed E-state index contributed by atoms with van der Waals surface area (Å²) < 4.78 is 4.87. The first-order valence-corrected chi connectivity index (χ1v) is 8.62. The van der Waals surface area contributed by atoms with Crippen LogP contribution < -0.4 is 0 Å². The quantitative estimate of drug-likeness (QED) is 0.717. The van der Waals surface area contributed by atoms with E-state index < -0.39 is 0 Å². The first kappa shape index (κ1) is 15.6. The van der Waals surface area contributed by atoms with Gasteiger partial charge in [0.1, 0.15) is 0 Å². The maximum atomic E-state index is 11.8. The Kier molecular flexibility index (Phi) is 5.25. The van der Waals surface area contributed by atoms with Gasteiger partial charge >= 0.3 is 5.97 Å². The summed E-state index contributed by atoms with van der Waals surface area (Å²) in [6, 6.07) is 0. The SMILES string of the molecule is CCC(c1scc(C(=O)OC)c1C)C1CCC(C)CC1. The number of methoxy groups -OCH3 is 1. The summed E-state index contributed by atoms with van der Waals surface area (Å²) in [7, 11) is 1.46. The molecule has 0 spiro atoms. The number of ether oxygens (including phenoxy) is 1. The van der Waals surface area contributed by atoms with Crippen LogP contribution in [0.15, 0.2) is 5.38 Å². The Morgan fingerprint density at radius 1 is 1.40 bits per heavy atom. The molecule has 2 rings (SSSR count). The lowest BCUT2D eigenvalue weighted by Gasteiger charge is -2.32. The van der Waals surface area contributed by atoms with Gasteiger partial charge in [-0.1, -0.05) is 26.7 Å². The minimum atomic E-state index is -0.197. The highest BCUT2D eigenvalue weighted by Crippen LogP contribution is 2.43. The second-order valence-corrected chi connectivity index (χ2v) is 7.08. The van der Waals surface area contributed by atoms with Crippen molar-refractivity contribution < 1.29 is 9.53 Å². The normalized spacial score (nSPS) is 24.4. The van der Waals surface area contributed by atoms with Crippen molar-refractivity contribution in [3.8, 4) is 0 Å². The van der Waals surface area contributed by atoms with E-state index in [2.05, 4.69) is 20.8 Å². The molecule has 1 unspecified atom stereocenters. The van der Waals surface area contributed by atoms with Crippen LogP contribution >= 0.6 is 11.3 Å². The van der Waals surface area contributed by atoms with Crippen LogP contribution in [0.1, 0.15) is 72.7 Å². The number of rotatable bonds is 4. The van der Waals surface area contributed by atoms with Gasteiger partial charge in [-0.25, -0.2) is 4.79 Å². The zero-order chi connectivity index (χ0) is 14.7. The minimum Gasteiger partial charge on any atom is -0.465 e. The molecular formula is C17H26O2S. The number of carbonyl (C=O) groups is 1. The predicted molar refractivity (Wildman–Crippen MR) is 84.5 cm³/mol. The number of hydrogen-bond donors (Lipinski definition) is 0. The third kappa shape index (κ3) is 3.08. The van der Waals surface area contributed by atoms with Crippen molar-refractivity contribution in [2.45, 2.75) is 58.8 Å². The Hall–Kier alpha value is -0.830. The molecule has 112 valence electrons. The van der Waals surface area contributed by atoms with E-state index in [-0.39, 0.29) is 5.97 Å². The van der Waals surface area contributed by atoms with E-state index in [1.807, 2.05) is 5.38 Å². The smallest absolute Gasteiger partial charge is 0.338 e. The number of carbonyl (C=O) groups excluding carboxylic acids is 1. The van der Waals surface area contributed by atoms with Crippen LogP contribution in [0, 0.1) is 18.8 Å². The Balaban J connectivity index is 2.19. The molecule has 1 aromatic heterocycles. The van der Waals surface area contributed by atoms with E-state index in [0.717, 1.165) is 23.0 Å². The van der Waals surface area contributed by atoms with Gasteiger partial charge in [-0.05, 0) is 49.5 Å². The Bertz CT molecular complexity index is 456. The van der Waals surface area contributed by atoms with E-state index in [1.165, 1.54) is 44.1 Å². The van der Waals surface area contributed by atoms with Crippen LogP contribution in [-0.2, 0) is 4.74 Å². The molecule has 3 heteroatoms. The second-order valence-electron chi connectivity index (χ2n) is 6.16. The highest BCUT2D eigenvalue weighted by atomic mass is 32.1. The van der Waals surface area contributed by atoms with E-state index in [1.54, 1.807) is 11.3 Å². The molecule has 1 heterocycles. The predicted octanol–water partition coefficient (Wildman–Crippen LogP) is 5.16. The van der Waals surface area contributed by atoms with Gasteiger partial charge in [-0.15, -0.1) is 11.3 Å². The standard InChI is InChI=1S/C17H26O2S/c1-5-14(13-8-6-11(2)7-9-13)16-12(3)15(10-20-16)17(18)19-4/h10-11,13-14H,5-9H2,1-4H3. The average Bonchev–Trinajstić information content (AvgIpc) is 2.83. The van der Waals surface area contributed by atoms with Gasteiger partial charge in [0, 0.05) is 10.3 Å². The Morgan fingerprint density at radius 3 is 2.60 bits per heavy atom. The summed E-state index contributed by atoms with van der Waals surface area (Å²) in [5.74, 6) is 2.10. The van der Waals surface area contributed by atoms with Gasteiger partial charge in [-0.3, -0.25) is 0 Å². The monoisotopic (exact) mass is 294 g/mol. The topological polar surface area (TPSA) is 26.3 Å². The molecule has 1 saturated carbocycles. The molecule has 0 N–H and O–H groups in total. The van der Waals surface area contributed by atoms with E-state index in [9.17, 15) is 4.79 Å². The molecule has 0 bridgehead atoms. The lowest BCUT2D eigenvalue weighted by molar-refractivity contribution is 0.0600. The molecule has 0 radical (unpaired) electrons. The lowest BCUT2D eigenvalue weighted by Crippen LogP contribution is -2.19. The zero-order valence-corrected chi connectivity index (χ0v) is 13.9. The van der Waals surface area contributed by atoms with Crippen LogP contribution in [-0.4, -0.2) is 13.1 Å². The molecule has 0 amide bonds. The summed E-state index contributed by atoms with van der Waals surface area (Å²) in [5.41, 5.74) is 1.91. The van der Waals surface area contributed by atoms with Crippen LogP contribution in [0.25, 0.3) is 0 Å². The van der Waals surface area contributed by atoms with Crippen molar-refractivity contribution in [1.29, 1.82) is 0 Å². The average molecular weight is 294 g/mol. The fourth-order valence-electron chi connectivity index (χ4n) is 3.53. The molecule has 1 aromatic rings. The molecule has 1 aliphatic carbocycles. The van der Waals surface area contributed by atoms with Gasteiger partial charge < -0.3 is 4.74 Å². The first-order valence-electron chi connectivity index (χ1n) is 7.74. The third-order valence-electron chi connectivity index (χ3n) is 4.89. The largest absolute Gasteiger partial charge is 0.465 e. The summed E-state index contributed by atoms with van der Waals surface area (Å²) in [4.78, 5) is 13.2. The van der Waals surface area contributed by atoms with Crippen LogP contribution in [0.4, 0.5) is 0 Å². The van der Waals surface area contributed by atoms with Crippen LogP contribution in [0.3, 0.4) is 0 Å². The molecule has 0 aromatic carbocycles. The van der Waals surface area contributed by atoms with Gasteiger partial charge in [0.15, 0.2) is 0 Å². The maximum Gasteiger partial charge on any atom is 0.338 e. The van der Waals surface area contributed by atoms with Crippen molar-refractivity contribution >= 4 is 17.3 Å². The Labute approximate surface area is 126 Å². The van der Waals surface area contributed by atoms with E-state index in [0.29, 0.717) is 5.92 Å². The van der Waals surface area contributed by atoms with E-state index >= 15 is 0 Å². The highest BCUT2D eigenvalue weighted by Gasteiger charge is 2.29. The molecule has 1 fully saturated rings. The van der Waals surface area contributed by atoms with Crippen LogP contribution in [0.2, 0.25) is 0 Å². The summed E-state index contributed by atoms with van der Waals surface area (Å²) in [6.45, 7) is 6.72. The molecule has 1 atom stereocenters. The van der Waals surface area contributed by atoms with Gasteiger partial charge in [0.05, 0.1) is 12.7 Å². The fourth-order valence-corrected chi connectivity index (χ4v) is 4.87. The molecule has 1 aliphatic rings. The van der Waals surface area contributed by atoms with Gasteiger partial charge in [0.2, 0.25) is 0 Å². The zero-order valence-electron chi connectivity index (χ0n) is 13.1. The third-order valence-corrected chi connectivity index (χ3v) is 6.11. The van der Waals surface area contributed by atoms with Crippen molar-refractivity contribution in [2.24, 2.45) is 11.8 Å². The molecule has 0 saturated heterocycles. The molecule has 0 aliphatic heterocycles. The number of hydrogen-bond acceptors (Lipinski definition) is 3. The summed E-state index contributed by atoms with van der Waals surface area (Å²) >= 11 is 1.75. The van der Waals surface area contributed by atoms with Crippen molar-refractivity contribution in [2.75, 3.05) is 7.11 Å². The van der Waals surface area contributed by atoms with E-state index in [4.69, 9.17) is 4.74 Å². The highest BCUT2D eigenvalue weighted by molar-refractivity contribution is 7.10. The molecular weight excluding hydrogens is 268 g/mol. The van der Waals surface area contributed by atoms with Gasteiger partial charge in [0.25, 0.3) is 0 Å². The summed E-state index contributed by atoms with van der Waals surface area (Å²) in [6.07, 6.45) is 6.56. The minimum absolute atomic E-state index is 0.197. The summed E-state index contributed by atoms with van der Waals surface area (Å²) in [5, 5.41) is 1.98. The first-order chi connectivity index (χ1) is 9.58. The molecule has 20 heavy (non-hydrogen) atoms. The van der Waals surface area contributed by atoms with Crippen LogP contribution in [0.5, 0.6) is 0 Å². The van der Waals surface area contributed by atoms with Crippen molar-refractivity contribution in [3.63, 3.8) is 0 Å². The number of thiophene rings is 1.